The maximum atomic E-state index is 12.9. The predicted molar refractivity (Wildman–Crippen MR) is 78.2 cm³/mol. The Morgan fingerprint density at radius 1 is 1.05 bits per heavy atom. The standard InChI is InChI=1S/C17H18FNO/c1-11-8-12(2)10-15(9-11)17(20)19-13(3)14-4-6-16(18)7-5-14/h4-10,13H,1-3H3,(H,19,20)/t13-/m1/s1. The van der Waals surface area contributed by atoms with Crippen LogP contribution in [0.2, 0.25) is 0 Å². The molecule has 0 spiro atoms. The maximum Gasteiger partial charge on any atom is 0.251 e. The van der Waals surface area contributed by atoms with Crippen molar-refractivity contribution in [2.24, 2.45) is 0 Å². The molecule has 3 heteroatoms. The van der Waals surface area contributed by atoms with Crippen LogP contribution in [0.4, 0.5) is 4.39 Å². The van der Waals surface area contributed by atoms with Crippen LogP contribution in [-0.4, -0.2) is 5.91 Å². The van der Waals surface area contributed by atoms with E-state index in [1.165, 1.54) is 12.1 Å². The normalized spacial score (nSPS) is 12.0. The summed E-state index contributed by atoms with van der Waals surface area (Å²) >= 11 is 0. The molecular formula is C17H18FNO. The summed E-state index contributed by atoms with van der Waals surface area (Å²) in [6.07, 6.45) is 0. The third-order valence-corrected chi connectivity index (χ3v) is 3.20. The lowest BCUT2D eigenvalue weighted by Crippen LogP contribution is -2.26. The molecule has 0 radical (unpaired) electrons. The lowest BCUT2D eigenvalue weighted by molar-refractivity contribution is 0.0939. The van der Waals surface area contributed by atoms with Crippen LogP contribution in [0.25, 0.3) is 0 Å². The second-order valence-corrected chi connectivity index (χ2v) is 5.12. The first-order valence-electron chi connectivity index (χ1n) is 6.60. The van der Waals surface area contributed by atoms with E-state index in [1.54, 1.807) is 12.1 Å². The Morgan fingerprint density at radius 2 is 1.60 bits per heavy atom. The van der Waals surface area contributed by atoms with E-state index in [-0.39, 0.29) is 17.8 Å². The Morgan fingerprint density at radius 3 is 2.15 bits per heavy atom. The summed E-state index contributed by atoms with van der Waals surface area (Å²) in [5.74, 6) is -0.393. The van der Waals surface area contributed by atoms with Crippen LogP contribution in [0.15, 0.2) is 42.5 Å². The van der Waals surface area contributed by atoms with Gasteiger partial charge in [-0.15, -0.1) is 0 Å². The summed E-state index contributed by atoms with van der Waals surface area (Å²) in [6.45, 7) is 5.81. The first-order chi connectivity index (χ1) is 9.45. The lowest BCUT2D eigenvalue weighted by Gasteiger charge is -2.15. The van der Waals surface area contributed by atoms with Crippen LogP contribution >= 0.6 is 0 Å². The van der Waals surface area contributed by atoms with Crippen molar-refractivity contribution in [1.29, 1.82) is 0 Å². The van der Waals surface area contributed by atoms with Crippen molar-refractivity contribution in [2.75, 3.05) is 0 Å². The summed E-state index contributed by atoms with van der Waals surface area (Å²) in [5.41, 5.74) is 3.65. The third-order valence-electron chi connectivity index (χ3n) is 3.20. The Bertz CT molecular complexity index is 599. The molecule has 0 aromatic heterocycles. The van der Waals surface area contributed by atoms with Gasteiger partial charge in [0.25, 0.3) is 5.91 Å². The topological polar surface area (TPSA) is 29.1 Å². The van der Waals surface area contributed by atoms with Gasteiger partial charge in [0.1, 0.15) is 5.82 Å². The van der Waals surface area contributed by atoms with E-state index in [0.29, 0.717) is 5.56 Å². The van der Waals surface area contributed by atoms with E-state index in [0.717, 1.165) is 16.7 Å². The number of nitrogens with one attached hydrogen (secondary N) is 1. The van der Waals surface area contributed by atoms with Gasteiger partial charge in [-0.2, -0.15) is 0 Å². The molecule has 1 atom stereocenters. The first kappa shape index (κ1) is 14.3. The van der Waals surface area contributed by atoms with Crippen molar-refractivity contribution in [3.63, 3.8) is 0 Å². The molecular weight excluding hydrogens is 253 g/mol. The van der Waals surface area contributed by atoms with Crippen LogP contribution < -0.4 is 5.32 Å². The number of aryl methyl sites for hydroxylation is 2. The van der Waals surface area contributed by atoms with E-state index in [2.05, 4.69) is 5.32 Å². The Balaban J connectivity index is 2.12. The van der Waals surface area contributed by atoms with E-state index in [9.17, 15) is 9.18 Å². The van der Waals surface area contributed by atoms with E-state index < -0.39 is 0 Å². The number of amides is 1. The molecule has 1 N–H and O–H groups in total. The minimum atomic E-state index is -0.276. The summed E-state index contributed by atoms with van der Waals surface area (Å²) in [5, 5.41) is 2.92. The second kappa shape index (κ2) is 5.87. The second-order valence-electron chi connectivity index (χ2n) is 5.12. The van der Waals surface area contributed by atoms with Crippen molar-refractivity contribution >= 4 is 5.91 Å². The van der Waals surface area contributed by atoms with Gasteiger partial charge in [0.15, 0.2) is 0 Å². The highest BCUT2D eigenvalue weighted by molar-refractivity contribution is 5.94. The number of carbonyl (C=O) groups is 1. The molecule has 2 nitrogen and oxygen atoms in total. The number of rotatable bonds is 3. The zero-order chi connectivity index (χ0) is 14.7. The van der Waals surface area contributed by atoms with Crippen molar-refractivity contribution in [3.8, 4) is 0 Å². The molecule has 0 bridgehead atoms. The van der Waals surface area contributed by atoms with Gasteiger partial charge in [0.05, 0.1) is 6.04 Å². The largest absolute Gasteiger partial charge is 0.346 e. The molecule has 0 aliphatic rings. The third kappa shape index (κ3) is 3.44. The van der Waals surface area contributed by atoms with Gasteiger partial charge < -0.3 is 5.32 Å². The number of hydrogen-bond donors (Lipinski definition) is 1. The van der Waals surface area contributed by atoms with Crippen molar-refractivity contribution in [1.82, 2.24) is 5.32 Å². The molecule has 2 rings (SSSR count). The molecule has 0 saturated carbocycles. The van der Waals surface area contributed by atoms with Gasteiger partial charge in [0.2, 0.25) is 0 Å². The fraction of sp³-hybridized carbons (Fsp3) is 0.235. The fourth-order valence-electron chi connectivity index (χ4n) is 2.22. The summed E-state index contributed by atoms with van der Waals surface area (Å²) in [4.78, 5) is 12.2. The van der Waals surface area contributed by atoms with Crippen molar-refractivity contribution in [2.45, 2.75) is 26.8 Å². The average molecular weight is 271 g/mol. The summed E-state index contributed by atoms with van der Waals surface area (Å²) in [7, 11) is 0. The van der Waals surface area contributed by atoms with E-state index in [4.69, 9.17) is 0 Å². The summed E-state index contributed by atoms with van der Waals surface area (Å²) < 4.78 is 12.9. The van der Waals surface area contributed by atoms with Crippen LogP contribution in [0, 0.1) is 19.7 Å². The number of carbonyl (C=O) groups excluding carboxylic acids is 1. The Kier molecular flexibility index (Phi) is 4.18. The fourth-order valence-corrected chi connectivity index (χ4v) is 2.22. The maximum absolute atomic E-state index is 12.9. The molecule has 2 aromatic carbocycles. The van der Waals surface area contributed by atoms with Gasteiger partial charge >= 0.3 is 0 Å². The zero-order valence-corrected chi connectivity index (χ0v) is 11.9. The van der Waals surface area contributed by atoms with Gasteiger partial charge in [-0.3, -0.25) is 4.79 Å². The van der Waals surface area contributed by atoms with Crippen LogP contribution in [0.3, 0.4) is 0 Å². The SMILES string of the molecule is Cc1cc(C)cc(C(=O)N[C@H](C)c2ccc(F)cc2)c1. The Labute approximate surface area is 118 Å². The molecule has 2 aromatic rings. The van der Waals surface area contributed by atoms with Gasteiger partial charge in [0, 0.05) is 5.56 Å². The molecule has 0 aliphatic heterocycles. The number of halogens is 1. The monoisotopic (exact) mass is 271 g/mol. The highest BCUT2D eigenvalue weighted by atomic mass is 19.1. The summed E-state index contributed by atoms with van der Waals surface area (Å²) in [6, 6.07) is 11.7. The minimum Gasteiger partial charge on any atom is -0.346 e. The molecule has 104 valence electrons. The minimum absolute atomic E-state index is 0.117. The van der Waals surface area contributed by atoms with E-state index >= 15 is 0 Å². The van der Waals surface area contributed by atoms with Crippen LogP contribution in [0.5, 0.6) is 0 Å². The van der Waals surface area contributed by atoms with Gasteiger partial charge in [-0.25, -0.2) is 4.39 Å². The molecule has 0 saturated heterocycles. The first-order valence-corrected chi connectivity index (χ1v) is 6.60. The Hall–Kier alpha value is -2.16. The van der Waals surface area contributed by atoms with Crippen molar-refractivity contribution in [3.05, 3.63) is 70.5 Å². The van der Waals surface area contributed by atoms with Gasteiger partial charge in [-0.1, -0.05) is 29.3 Å². The zero-order valence-electron chi connectivity index (χ0n) is 11.9. The molecule has 1 amide bonds. The van der Waals surface area contributed by atoms with Crippen molar-refractivity contribution < 1.29 is 9.18 Å². The number of benzene rings is 2. The predicted octanol–water partition coefficient (Wildman–Crippen LogP) is 3.93. The molecule has 0 aliphatic carbocycles. The molecule has 0 unspecified atom stereocenters. The molecule has 20 heavy (non-hydrogen) atoms. The quantitative estimate of drug-likeness (QED) is 0.900. The molecule has 0 heterocycles. The van der Waals surface area contributed by atoms with Crippen LogP contribution in [0.1, 0.15) is 40.0 Å². The smallest absolute Gasteiger partial charge is 0.251 e. The number of hydrogen-bond acceptors (Lipinski definition) is 1. The lowest BCUT2D eigenvalue weighted by atomic mass is 10.1. The highest BCUT2D eigenvalue weighted by Gasteiger charge is 2.12. The van der Waals surface area contributed by atoms with E-state index in [1.807, 2.05) is 39.0 Å². The average Bonchev–Trinajstić information content (AvgIpc) is 2.38. The van der Waals surface area contributed by atoms with Crippen LogP contribution in [-0.2, 0) is 0 Å². The van der Waals surface area contributed by atoms with Gasteiger partial charge in [-0.05, 0) is 50.6 Å². The molecule has 0 fully saturated rings. The highest BCUT2D eigenvalue weighted by Crippen LogP contribution is 2.15.